The lowest BCUT2D eigenvalue weighted by Gasteiger charge is -2.11. The van der Waals surface area contributed by atoms with Crippen LogP contribution >= 0.6 is 11.6 Å². The van der Waals surface area contributed by atoms with Gasteiger partial charge in [0.2, 0.25) is 0 Å². The molecule has 2 aromatic rings. The number of benzene rings is 2. The molecule has 7 nitrogen and oxygen atoms in total. The van der Waals surface area contributed by atoms with Gasteiger partial charge in [-0.1, -0.05) is 17.7 Å². The van der Waals surface area contributed by atoms with Gasteiger partial charge in [-0.15, -0.1) is 0 Å². The minimum Gasteiger partial charge on any atom is -0.491 e. The first-order valence-corrected chi connectivity index (χ1v) is 7.46. The number of hydrazone groups is 1. The summed E-state index contributed by atoms with van der Waals surface area (Å²) in [5.41, 5.74) is 3.93. The summed E-state index contributed by atoms with van der Waals surface area (Å²) in [6.45, 7) is 2.33. The van der Waals surface area contributed by atoms with Crippen molar-refractivity contribution in [1.29, 1.82) is 0 Å². The second-order valence-electron chi connectivity index (χ2n) is 4.64. The number of methoxy groups -OCH3 is 1. The van der Waals surface area contributed by atoms with E-state index in [9.17, 15) is 10.1 Å². The Balaban J connectivity index is 2.17. The summed E-state index contributed by atoms with van der Waals surface area (Å²) in [6, 6.07) is 9.48. The Morgan fingerprint density at radius 3 is 2.83 bits per heavy atom. The van der Waals surface area contributed by atoms with Gasteiger partial charge in [-0.2, -0.15) is 5.10 Å². The van der Waals surface area contributed by atoms with E-state index in [1.54, 1.807) is 24.3 Å². The molecule has 0 spiro atoms. The molecule has 0 amide bonds. The molecule has 0 saturated heterocycles. The second-order valence-corrected chi connectivity index (χ2v) is 5.05. The van der Waals surface area contributed by atoms with E-state index < -0.39 is 4.92 Å². The molecule has 126 valence electrons. The Morgan fingerprint density at radius 1 is 1.38 bits per heavy atom. The third-order valence-electron chi connectivity index (χ3n) is 3.00. The minimum atomic E-state index is -0.466. The third-order valence-corrected chi connectivity index (χ3v) is 3.28. The van der Waals surface area contributed by atoms with Crippen molar-refractivity contribution in [3.8, 4) is 11.5 Å². The predicted octanol–water partition coefficient (Wildman–Crippen LogP) is 4.10. The Kier molecular flexibility index (Phi) is 5.97. The molecule has 0 aliphatic heterocycles. The molecule has 0 saturated carbocycles. The highest BCUT2D eigenvalue weighted by Crippen LogP contribution is 2.35. The van der Waals surface area contributed by atoms with Crippen LogP contribution in [0.3, 0.4) is 0 Å². The van der Waals surface area contributed by atoms with Gasteiger partial charge in [0.1, 0.15) is 0 Å². The van der Waals surface area contributed by atoms with Crippen molar-refractivity contribution in [2.75, 3.05) is 19.1 Å². The van der Waals surface area contributed by atoms with E-state index in [1.165, 1.54) is 25.5 Å². The molecular formula is C16H16ClN3O4. The standard InChI is InChI=1S/C16H16ClN3O4/c1-3-24-15-8-11(7-14(17)16(15)23-2)10-18-19-12-5-4-6-13(9-12)20(21)22/h4-10,19H,3H2,1-2H3. The van der Waals surface area contributed by atoms with Crippen molar-refractivity contribution in [2.24, 2.45) is 5.10 Å². The summed E-state index contributed by atoms with van der Waals surface area (Å²) in [4.78, 5) is 10.3. The first-order chi connectivity index (χ1) is 11.5. The number of anilines is 1. The van der Waals surface area contributed by atoms with Crippen LogP contribution in [-0.4, -0.2) is 24.9 Å². The fourth-order valence-electron chi connectivity index (χ4n) is 1.99. The highest BCUT2D eigenvalue weighted by molar-refractivity contribution is 6.32. The summed E-state index contributed by atoms with van der Waals surface area (Å²) in [7, 11) is 1.52. The number of rotatable bonds is 7. The molecule has 0 heterocycles. The summed E-state index contributed by atoms with van der Waals surface area (Å²) in [6.07, 6.45) is 1.53. The maximum Gasteiger partial charge on any atom is 0.271 e. The van der Waals surface area contributed by atoms with E-state index in [2.05, 4.69) is 10.5 Å². The van der Waals surface area contributed by atoms with Crippen LogP contribution in [0.15, 0.2) is 41.5 Å². The third kappa shape index (κ3) is 4.36. The number of hydrogen-bond donors (Lipinski definition) is 1. The molecule has 0 radical (unpaired) electrons. The largest absolute Gasteiger partial charge is 0.491 e. The van der Waals surface area contributed by atoms with E-state index in [1.807, 2.05) is 6.92 Å². The van der Waals surface area contributed by atoms with Gasteiger partial charge in [0, 0.05) is 12.1 Å². The van der Waals surface area contributed by atoms with Crippen molar-refractivity contribution in [1.82, 2.24) is 0 Å². The molecule has 1 N–H and O–H groups in total. The van der Waals surface area contributed by atoms with Gasteiger partial charge in [0.25, 0.3) is 5.69 Å². The zero-order valence-corrected chi connectivity index (χ0v) is 13.9. The van der Waals surface area contributed by atoms with Gasteiger partial charge < -0.3 is 9.47 Å². The fourth-order valence-corrected chi connectivity index (χ4v) is 2.29. The Bertz CT molecular complexity index is 765. The van der Waals surface area contributed by atoms with Crippen molar-refractivity contribution < 1.29 is 14.4 Å². The Morgan fingerprint density at radius 2 is 2.17 bits per heavy atom. The van der Waals surface area contributed by atoms with Crippen LogP contribution < -0.4 is 14.9 Å². The van der Waals surface area contributed by atoms with Crippen molar-refractivity contribution in [3.05, 3.63) is 57.1 Å². The number of ether oxygens (including phenoxy) is 2. The molecule has 0 atom stereocenters. The van der Waals surface area contributed by atoms with Gasteiger partial charge in [0.15, 0.2) is 11.5 Å². The SMILES string of the molecule is CCOc1cc(C=NNc2cccc([N+](=O)[O-])c2)cc(Cl)c1OC. The van der Waals surface area contributed by atoms with Gasteiger partial charge in [-0.05, 0) is 30.7 Å². The van der Waals surface area contributed by atoms with E-state index in [-0.39, 0.29) is 5.69 Å². The number of non-ortho nitro benzene ring substituents is 1. The number of nitrogens with one attached hydrogen (secondary N) is 1. The monoisotopic (exact) mass is 349 g/mol. The lowest BCUT2D eigenvalue weighted by atomic mass is 10.2. The van der Waals surface area contributed by atoms with E-state index in [0.29, 0.717) is 34.4 Å². The first kappa shape index (κ1) is 17.6. The zero-order valence-electron chi connectivity index (χ0n) is 13.2. The number of nitro benzene ring substituents is 1. The molecule has 0 unspecified atom stereocenters. The molecule has 0 aliphatic carbocycles. The van der Waals surface area contributed by atoms with Gasteiger partial charge >= 0.3 is 0 Å². The molecule has 24 heavy (non-hydrogen) atoms. The number of halogens is 1. The highest BCUT2D eigenvalue weighted by atomic mass is 35.5. The second kappa shape index (κ2) is 8.16. The molecule has 8 heteroatoms. The zero-order chi connectivity index (χ0) is 17.5. The first-order valence-electron chi connectivity index (χ1n) is 7.09. The fraction of sp³-hybridized carbons (Fsp3) is 0.188. The molecule has 0 aliphatic rings. The Hall–Kier alpha value is -2.80. The quantitative estimate of drug-likeness (QED) is 0.462. The van der Waals surface area contributed by atoms with Crippen LogP contribution in [0.1, 0.15) is 12.5 Å². The number of nitro groups is 1. The number of nitrogens with zero attached hydrogens (tertiary/aromatic N) is 2. The van der Waals surface area contributed by atoms with Crippen LogP contribution in [0.4, 0.5) is 11.4 Å². The minimum absolute atomic E-state index is 0.0127. The maximum atomic E-state index is 10.7. The van der Waals surface area contributed by atoms with Gasteiger partial charge in [0.05, 0.1) is 35.6 Å². The topological polar surface area (TPSA) is 86.0 Å². The summed E-state index contributed by atoms with van der Waals surface area (Å²) < 4.78 is 10.7. The van der Waals surface area contributed by atoms with Crippen LogP contribution in [-0.2, 0) is 0 Å². The number of hydrogen-bond acceptors (Lipinski definition) is 6. The van der Waals surface area contributed by atoms with Crippen LogP contribution in [0.5, 0.6) is 11.5 Å². The molecule has 2 aromatic carbocycles. The van der Waals surface area contributed by atoms with E-state index in [0.717, 1.165) is 0 Å². The summed E-state index contributed by atoms with van der Waals surface area (Å²) in [5, 5.41) is 15.2. The molecule has 2 rings (SSSR count). The summed E-state index contributed by atoms with van der Waals surface area (Å²) >= 11 is 6.16. The van der Waals surface area contributed by atoms with Crippen molar-refractivity contribution in [3.63, 3.8) is 0 Å². The van der Waals surface area contributed by atoms with Gasteiger partial charge in [-0.3, -0.25) is 15.5 Å². The molecule has 0 bridgehead atoms. The molecular weight excluding hydrogens is 334 g/mol. The van der Waals surface area contributed by atoms with Crippen LogP contribution in [0, 0.1) is 10.1 Å². The normalized spacial score (nSPS) is 10.6. The average molecular weight is 350 g/mol. The highest BCUT2D eigenvalue weighted by Gasteiger charge is 2.10. The molecule has 0 aromatic heterocycles. The lowest BCUT2D eigenvalue weighted by molar-refractivity contribution is -0.384. The van der Waals surface area contributed by atoms with E-state index >= 15 is 0 Å². The van der Waals surface area contributed by atoms with E-state index in [4.69, 9.17) is 21.1 Å². The smallest absolute Gasteiger partial charge is 0.271 e. The van der Waals surface area contributed by atoms with Crippen molar-refractivity contribution >= 4 is 29.2 Å². The van der Waals surface area contributed by atoms with Crippen LogP contribution in [0.2, 0.25) is 5.02 Å². The van der Waals surface area contributed by atoms with Gasteiger partial charge in [-0.25, -0.2) is 0 Å². The lowest BCUT2D eigenvalue weighted by Crippen LogP contribution is -1.98. The van der Waals surface area contributed by atoms with Crippen LogP contribution in [0.25, 0.3) is 0 Å². The maximum absolute atomic E-state index is 10.7. The summed E-state index contributed by atoms with van der Waals surface area (Å²) in [5.74, 6) is 0.978. The average Bonchev–Trinajstić information content (AvgIpc) is 2.55. The Labute approximate surface area is 144 Å². The van der Waals surface area contributed by atoms with Crippen molar-refractivity contribution in [2.45, 2.75) is 6.92 Å². The molecule has 0 fully saturated rings. The predicted molar refractivity (Wildman–Crippen MR) is 93.5 cm³/mol.